The molecule has 0 amide bonds. The van der Waals surface area contributed by atoms with Crippen LogP contribution >= 0.6 is 0 Å². The summed E-state index contributed by atoms with van der Waals surface area (Å²) in [6.07, 6.45) is 1.02. The van der Waals surface area contributed by atoms with Gasteiger partial charge < -0.3 is 9.47 Å². The van der Waals surface area contributed by atoms with Crippen LogP contribution in [0, 0.1) is 0 Å². The standard InChI is InChI=1S/C19H20O4/c1-3-22-19(21)13-6-15-4-9-17(10-5-15)23-18-11-7-16(8-12-18)14(2)20/h4-5,7-12H,3,6,13H2,1-2H3. The number of ether oxygens (including phenoxy) is 2. The van der Waals surface area contributed by atoms with E-state index < -0.39 is 0 Å². The molecule has 120 valence electrons. The minimum atomic E-state index is -0.182. The van der Waals surface area contributed by atoms with Gasteiger partial charge in [-0.2, -0.15) is 0 Å². The Hall–Kier alpha value is -2.62. The number of hydrogen-bond donors (Lipinski definition) is 0. The number of carbonyl (C=O) groups is 2. The first kappa shape index (κ1) is 16.7. The van der Waals surface area contributed by atoms with E-state index in [1.54, 1.807) is 31.2 Å². The molecule has 4 heteroatoms. The van der Waals surface area contributed by atoms with E-state index >= 15 is 0 Å². The van der Waals surface area contributed by atoms with Crippen molar-refractivity contribution >= 4 is 11.8 Å². The van der Waals surface area contributed by atoms with E-state index in [1.807, 2.05) is 24.3 Å². The lowest BCUT2D eigenvalue weighted by Crippen LogP contribution is -2.05. The molecular formula is C19H20O4. The van der Waals surface area contributed by atoms with Crippen LogP contribution in [0.15, 0.2) is 48.5 Å². The predicted molar refractivity (Wildman–Crippen MR) is 87.9 cm³/mol. The number of hydrogen-bond acceptors (Lipinski definition) is 4. The number of ketones is 1. The highest BCUT2D eigenvalue weighted by atomic mass is 16.5. The molecule has 0 atom stereocenters. The minimum absolute atomic E-state index is 0.0301. The van der Waals surface area contributed by atoms with E-state index in [9.17, 15) is 9.59 Å². The van der Waals surface area contributed by atoms with Crippen molar-refractivity contribution in [1.29, 1.82) is 0 Å². The molecule has 2 aromatic carbocycles. The fourth-order valence-corrected chi connectivity index (χ4v) is 2.10. The largest absolute Gasteiger partial charge is 0.466 e. The minimum Gasteiger partial charge on any atom is -0.466 e. The summed E-state index contributed by atoms with van der Waals surface area (Å²) < 4.78 is 10.6. The van der Waals surface area contributed by atoms with Crippen molar-refractivity contribution in [2.75, 3.05) is 6.61 Å². The Morgan fingerprint density at radius 3 is 2.00 bits per heavy atom. The molecule has 0 fully saturated rings. The second-order valence-electron chi connectivity index (χ2n) is 5.13. The topological polar surface area (TPSA) is 52.6 Å². The zero-order valence-electron chi connectivity index (χ0n) is 13.4. The van der Waals surface area contributed by atoms with Gasteiger partial charge in [-0.05, 0) is 62.2 Å². The molecular weight excluding hydrogens is 292 g/mol. The van der Waals surface area contributed by atoms with Crippen molar-refractivity contribution < 1.29 is 19.1 Å². The van der Waals surface area contributed by atoms with Crippen molar-refractivity contribution in [3.8, 4) is 11.5 Å². The first-order valence-electron chi connectivity index (χ1n) is 7.62. The lowest BCUT2D eigenvalue weighted by Gasteiger charge is -2.07. The first-order valence-corrected chi connectivity index (χ1v) is 7.62. The molecule has 23 heavy (non-hydrogen) atoms. The van der Waals surface area contributed by atoms with Crippen LogP contribution in [0.4, 0.5) is 0 Å². The Morgan fingerprint density at radius 1 is 0.913 bits per heavy atom. The molecule has 0 unspecified atom stereocenters. The molecule has 0 aliphatic rings. The maximum Gasteiger partial charge on any atom is 0.306 e. The Bertz CT molecular complexity index is 657. The summed E-state index contributed by atoms with van der Waals surface area (Å²) in [5, 5.41) is 0. The van der Waals surface area contributed by atoms with Crippen LogP contribution in [-0.2, 0) is 16.0 Å². The molecule has 0 heterocycles. The number of Topliss-reactive ketones (excluding diaryl/α,β-unsaturated/α-hetero) is 1. The van der Waals surface area contributed by atoms with Crippen LogP contribution in [0.5, 0.6) is 11.5 Å². The van der Waals surface area contributed by atoms with Crippen LogP contribution in [0.25, 0.3) is 0 Å². The average Bonchev–Trinajstić information content (AvgIpc) is 2.55. The van der Waals surface area contributed by atoms with E-state index in [2.05, 4.69) is 0 Å². The zero-order chi connectivity index (χ0) is 16.7. The number of rotatable bonds is 7. The molecule has 0 radical (unpaired) electrons. The molecule has 0 saturated carbocycles. The van der Waals surface area contributed by atoms with Crippen molar-refractivity contribution in [3.05, 3.63) is 59.7 Å². The van der Waals surface area contributed by atoms with Crippen molar-refractivity contribution in [1.82, 2.24) is 0 Å². The average molecular weight is 312 g/mol. The zero-order valence-corrected chi connectivity index (χ0v) is 13.4. The summed E-state index contributed by atoms with van der Waals surface area (Å²) in [4.78, 5) is 22.6. The van der Waals surface area contributed by atoms with Crippen molar-refractivity contribution in [2.24, 2.45) is 0 Å². The number of aryl methyl sites for hydroxylation is 1. The van der Waals surface area contributed by atoms with Gasteiger partial charge in [-0.25, -0.2) is 0 Å². The monoisotopic (exact) mass is 312 g/mol. The van der Waals surface area contributed by atoms with Crippen molar-refractivity contribution in [3.63, 3.8) is 0 Å². The summed E-state index contributed by atoms with van der Waals surface area (Å²) in [6.45, 7) is 3.74. The molecule has 2 rings (SSSR count). The van der Waals surface area contributed by atoms with Crippen molar-refractivity contribution in [2.45, 2.75) is 26.7 Å². The smallest absolute Gasteiger partial charge is 0.306 e. The highest BCUT2D eigenvalue weighted by Crippen LogP contribution is 2.22. The fourth-order valence-electron chi connectivity index (χ4n) is 2.10. The summed E-state index contributed by atoms with van der Waals surface area (Å²) in [6, 6.07) is 14.6. The molecule has 0 bridgehead atoms. The normalized spacial score (nSPS) is 10.2. The van der Waals surface area contributed by atoms with E-state index in [1.165, 1.54) is 6.92 Å². The summed E-state index contributed by atoms with van der Waals surface area (Å²) in [5.41, 5.74) is 1.71. The van der Waals surface area contributed by atoms with Gasteiger partial charge in [0.25, 0.3) is 0 Å². The number of esters is 1. The van der Waals surface area contributed by atoms with Crippen LogP contribution in [0.3, 0.4) is 0 Å². The maximum atomic E-state index is 11.3. The third kappa shape index (κ3) is 5.25. The fraction of sp³-hybridized carbons (Fsp3) is 0.263. The van der Waals surface area contributed by atoms with Gasteiger partial charge in [0.05, 0.1) is 6.61 Å². The quantitative estimate of drug-likeness (QED) is 0.568. The van der Waals surface area contributed by atoms with E-state index in [4.69, 9.17) is 9.47 Å². The van der Waals surface area contributed by atoms with Crippen LogP contribution in [0.1, 0.15) is 36.2 Å². The molecule has 2 aromatic rings. The van der Waals surface area contributed by atoms with Gasteiger partial charge in [-0.1, -0.05) is 12.1 Å². The van der Waals surface area contributed by atoms with Gasteiger partial charge in [-0.15, -0.1) is 0 Å². The highest BCUT2D eigenvalue weighted by molar-refractivity contribution is 5.94. The third-order valence-corrected chi connectivity index (χ3v) is 3.34. The molecule has 0 spiro atoms. The number of benzene rings is 2. The molecule has 0 N–H and O–H groups in total. The van der Waals surface area contributed by atoms with Gasteiger partial charge >= 0.3 is 5.97 Å². The molecule has 0 saturated heterocycles. The number of carbonyl (C=O) groups excluding carboxylic acids is 2. The Morgan fingerprint density at radius 2 is 1.48 bits per heavy atom. The van der Waals surface area contributed by atoms with Gasteiger partial charge in [0.15, 0.2) is 5.78 Å². The Kier molecular flexibility index (Phi) is 5.92. The SMILES string of the molecule is CCOC(=O)CCc1ccc(Oc2ccc(C(C)=O)cc2)cc1. The predicted octanol–water partition coefficient (Wildman–Crippen LogP) is 4.18. The van der Waals surface area contributed by atoms with Gasteiger partial charge in [0, 0.05) is 12.0 Å². The van der Waals surface area contributed by atoms with Crippen LogP contribution in [0.2, 0.25) is 0 Å². The first-order chi connectivity index (χ1) is 11.1. The summed E-state index contributed by atoms with van der Waals surface area (Å²) >= 11 is 0. The second-order valence-corrected chi connectivity index (χ2v) is 5.13. The summed E-state index contributed by atoms with van der Waals surface area (Å²) in [5.74, 6) is 1.23. The maximum absolute atomic E-state index is 11.3. The third-order valence-electron chi connectivity index (χ3n) is 3.34. The molecule has 0 aliphatic heterocycles. The Labute approximate surface area is 136 Å². The molecule has 0 aliphatic carbocycles. The second kappa shape index (κ2) is 8.13. The van der Waals surface area contributed by atoms with E-state index in [0.717, 1.165) is 5.56 Å². The van der Waals surface area contributed by atoms with Gasteiger partial charge in [0.2, 0.25) is 0 Å². The van der Waals surface area contributed by atoms with Crippen LogP contribution in [-0.4, -0.2) is 18.4 Å². The van der Waals surface area contributed by atoms with Crippen LogP contribution < -0.4 is 4.74 Å². The van der Waals surface area contributed by atoms with Gasteiger partial charge in [-0.3, -0.25) is 9.59 Å². The van der Waals surface area contributed by atoms with E-state index in [-0.39, 0.29) is 11.8 Å². The Balaban J connectivity index is 1.91. The summed E-state index contributed by atoms with van der Waals surface area (Å²) in [7, 11) is 0. The van der Waals surface area contributed by atoms with E-state index in [0.29, 0.717) is 36.5 Å². The lowest BCUT2D eigenvalue weighted by molar-refractivity contribution is -0.143. The molecule has 4 nitrogen and oxygen atoms in total. The van der Waals surface area contributed by atoms with Gasteiger partial charge in [0.1, 0.15) is 11.5 Å². The highest BCUT2D eigenvalue weighted by Gasteiger charge is 2.04. The molecule has 0 aromatic heterocycles. The lowest BCUT2D eigenvalue weighted by atomic mass is 10.1.